The zero-order valence-corrected chi connectivity index (χ0v) is 11.0. The zero-order valence-electron chi connectivity index (χ0n) is 11.0. The molecule has 0 saturated carbocycles. The molecule has 0 unspecified atom stereocenters. The van der Waals surface area contributed by atoms with Crippen molar-refractivity contribution >= 4 is 16.7 Å². The molecule has 0 heterocycles. The van der Waals surface area contributed by atoms with Gasteiger partial charge in [-0.05, 0) is 24.4 Å². The molecule has 2 aromatic rings. The van der Waals surface area contributed by atoms with Crippen LogP contribution in [0.2, 0.25) is 0 Å². The third kappa shape index (κ3) is 2.85. The number of fused-ring (bicyclic) bond motifs is 1. The Labute approximate surface area is 111 Å². The van der Waals surface area contributed by atoms with Crippen LogP contribution < -0.4 is 4.74 Å². The van der Waals surface area contributed by atoms with Crippen LogP contribution in [0.25, 0.3) is 10.8 Å². The van der Waals surface area contributed by atoms with Crippen LogP contribution in [-0.2, 0) is 9.47 Å². The van der Waals surface area contributed by atoms with Gasteiger partial charge in [0.25, 0.3) is 0 Å². The van der Waals surface area contributed by atoms with Gasteiger partial charge in [-0.15, -0.1) is 0 Å². The van der Waals surface area contributed by atoms with Gasteiger partial charge in [0, 0.05) is 12.5 Å². The Morgan fingerprint density at radius 1 is 1.11 bits per heavy atom. The minimum Gasteiger partial charge on any atom is -0.467 e. The Morgan fingerprint density at radius 2 is 1.84 bits per heavy atom. The molecular formula is C15H16O4. The first kappa shape index (κ1) is 13.4. The van der Waals surface area contributed by atoms with Crippen molar-refractivity contribution in [3.8, 4) is 5.75 Å². The van der Waals surface area contributed by atoms with Crippen LogP contribution in [-0.4, -0.2) is 26.5 Å². The van der Waals surface area contributed by atoms with E-state index >= 15 is 0 Å². The highest BCUT2D eigenvalue weighted by Crippen LogP contribution is 2.29. The van der Waals surface area contributed by atoms with Gasteiger partial charge in [0.2, 0.25) is 0 Å². The quantitative estimate of drug-likeness (QED) is 0.612. The summed E-state index contributed by atoms with van der Waals surface area (Å²) in [5.74, 6) is 0.363. The molecule has 2 rings (SSSR count). The summed E-state index contributed by atoms with van der Waals surface area (Å²) in [6.45, 7) is 2.31. The third-order valence-electron chi connectivity index (χ3n) is 2.71. The van der Waals surface area contributed by atoms with Gasteiger partial charge < -0.3 is 14.2 Å². The standard InChI is InChI=1S/C15H16O4/c1-3-18-15(16)13-8-9-14(19-10-17-2)12-7-5-4-6-11(12)13/h4-9H,3,10H2,1-2H3. The molecular weight excluding hydrogens is 244 g/mol. The Hall–Kier alpha value is -2.07. The van der Waals surface area contributed by atoms with Crippen LogP contribution in [0.4, 0.5) is 0 Å². The van der Waals surface area contributed by atoms with Gasteiger partial charge in [0.1, 0.15) is 5.75 Å². The van der Waals surface area contributed by atoms with E-state index in [0.717, 1.165) is 10.8 Å². The molecule has 0 atom stereocenters. The summed E-state index contributed by atoms with van der Waals surface area (Å²) in [6.07, 6.45) is 0. The van der Waals surface area contributed by atoms with Crippen LogP contribution >= 0.6 is 0 Å². The summed E-state index contributed by atoms with van der Waals surface area (Å²) in [4.78, 5) is 11.9. The smallest absolute Gasteiger partial charge is 0.338 e. The molecule has 0 saturated heterocycles. The molecule has 2 aromatic carbocycles. The first-order chi connectivity index (χ1) is 9.27. The van der Waals surface area contributed by atoms with Gasteiger partial charge in [-0.3, -0.25) is 0 Å². The van der Waals surface area contributed by atoms with E-state index in [2.05, 4.69) is 0 Å². The lowest BCUT2D eigenvalue weighted by atomic mass is 10.0. The largest absolute Gasteiger partial charge is 0.467 e. The highest BCUT2D eigenvalue weighted by atomic mass is 16.7. The maximum absolute atomic E-state index is 11.9. The van der Waals surface area contributed by atoms with Gasteiger partial charge in [-0.25, -0.2) is 4.79 Å². The molecule has 0 aromatic heterocycles. The summed E-state index contributed by atoms with van der Waals surface area (Å²) in [5.41, 5.74) is 0.544. The van der Waals surface area contributed by atoms with E-state index in [1.54, 1.807) is 26.2 Å². The molecule has 0 radical (unpaired) electrons. The molecule has 0 spiro atoms. The van der Waals surface area contributed by atoms with Crippen molar-refractivity contribution in [2.45, 2.75) is 6.92 Å². The Bertz CT molecular complexity index is 577. The predicted octanol–water partition coefficient (Wildman–Crippen LogP) is 3.00. The maximum Gasteiger partial charge on any atom is 0.338 e. The lowest BCUT2D eigenvalue weighted by molar-refractivity contribution is 0.0519. The van der Waals surface area contributed by atoms with E-state index < -0.39 is 0 Å². The average molecular weight is 260 g/mol. The van der Waals surface area contributed by atoms with Crippen molar-refractivity contribution in [2.24, 2.45) is 0 Å². The zero-order chi connectivity index (χ0) is 13.7. The van der Waals surface area contributed by atoms with Crippen LogP contribution in [0.15, 0.2) is 36.4 Å². The number of benzene rings is 2. The normalized spacial score (nSPS) is 10.4. The van der Waals surface area contributed by atoms with Crippen LogP contribution in [0.1, 0.15) is 17.3 Å². The maximum atomic E-state index is 11.9. The van der Waals surface area contributed by atoms with E-state index in [1.807, 2.05) is 24.3 Å². The number of carbonyl (C=O) groups excluding carboxylic acids is 1. The first-order valence-corrected chi connectivity index (χ1v) is 6.08. The number of hydrogen-bond donors (Lipinski definition) is 0. The van der Waals surface area contributed by atoms with Gasteiger partial charge in [0.05, 0.1) is 12.2 Å². The summed E-state index contributed by atoms with van der Waals surface area (Å²) in [7, 11) is 1.56. The molecule has 0 aliphatic carbocycles. The van der Waals surface area contributed by atoms with Crippen LogP contribution in [0.3, 0.4) is 0 Å². The predicted molar refractivity (Wildman–Crippen MR) is 72.4 cm³/mol. The molecule has 0 bridgehead atoms. The van der Waals surface area contributed by atoms with Crippen LogP contribution in [0, 0.1) is 0 Å². The van der Waals surface area contributed by atoms with Crippen molar-refractivity contribution in [1.82, 2.24) is 0 Å². The molecule has 4 nitrogen and oxygen atoms in total. The van der Waals surface area contributed by atoms with E-state index in [9.17, 15) is 4.79 Å². The lowest BCUT2D eigenvalue weighted by Gasteiger charge is -2.11. The molecule has 100 valence electrons. The molecule has 0 aliphatic rings. The molecule has 0 aliphatic heterocycles. The third-order valence-corrected chi connectivity index (χ3v) is 2.71. The van der Waals surface area contributed by atoms with Gasteiger partial charge in [-0.1, -0.05) is 24.3 Å². The van der Waals surface area contributed by atoms with E-state index in [0.29, 0.717) is 17.9 Å². The Balaban J connectivity index is 2.48. The first-order valence-electron chi connectivity index (χ1n) is 6.08. The van der Waals surface area contributed by atoms with Crippen molar-refractivity contribution in [3.63, 3.8) is 0 Å². The molecule has 4 heteroatoms. The second-order valence-electron chi connectivity index (χ2n) is 3.93. The number of hydrogen-bond acceptors (Lipinski definition) is 4. The van der Waals surface area contributed by atoms with Crippen molar-refractivity contribution in [3.05, 3.63) is 42.0 Å². The number of carbonyl (C=O) groups is 1. The van der Waals surface area contributed by atoms with Gasteiger partial charge >= 0.3 is 5.97 Å². The van der Waals surface area contributed by atoms with E-state index in [4.69, 9.17) is 14.2 Å². The van der Waals surface area contributed by atoms with Gasteiger partial charge in [-0.2, -0.15) is 0 Å². The topological polar surface area (TPSA) is 44.8 Å². The Kier molecular flexibility index (Phi) is 4.36. The number of rotatable bonds is 5. The van der Waals surface area contributed by atoms with E-state index in [1.165, 1.54) is 0 Å². The molecule has 0 N–H and O–H groups in total. The molecule has 0 amide bonds. The summed E-state index contributed by atoms with van der Waals surface area (Å²) >= 11 is 0. The number of ether oxygens (including phenoxy) is 3. The minimum atomic E-state index is -0.322. The summed E-state index contributed by atoms with van der Waals surface area (Å²) < 4.78 is 15.4. The molecule has 19 heavy (non-hydrogen) atoms. The second kappa shape index (κ2) is 6.20. The number of methoxy groups -OCH3 is 1. The highest BCUT2D eigenvalue weighted by Gasteiger charge is 2.13. The fraction of sp³-hybridized carbons (Fsp3) is 0.267. The lowest BCUT2D eigenvalue weighted by Crippen LogP contribution is -2.06. The van der Waals surface area contributed by atoms with Gasteiger partial charge in [0.15, 0.2) is 6.79 Å². The summed E-state index contributed by atoms with van der Waals surface area (Å²) in [6, 6.07) is 11.0. The van der Waals surface area contributed by atoms with Crippen molar-refractivity contribution in [2.75, 3.05) is 20.5 Å². The van der Waals surface area contributed by atoms with Crippen molar-refractivity contribution in [1.29, 1.82) is 0 Å². The van der Waals surface area contributed by atoms with Crippen LogP contribution in [0.5, 0.6) is 5.75 Å². The number of esters is 1. The summed E-state index contributed by atoms with van der Waals surface area (Å²) in [5, 5.41) is 1.68. The SMILES string of the molecule is CCOC(=O)c1ccc(OCOC)c2ccccc12. The average Bonchev–Trinajstić information content (AvgIpc) is 2.45. The monoisotopic (exact) mass is 260 g/mol. The minimum absolute atomic E-state index is 0.169. The van der Waals surface area contributed by atoms with E-state index in [-0.39, 0.29) is 12.8 Å². The molecule has 0 fully saturated rings. The fourth-order valence-electron chi connectivity index (χ4n) is 1.91. The fourth-order valence-corrected chi connectivity index (χ4v) is 1.91. The Morgan fingerprint density at radius 3 is 2.53 bits per heavy atom. The van der Waals surface area contributed by atoms with Crippen molar-refractivity contribution < 1.29 is 19.0 Å². The second-order valence-corrected chi connectivity index (χ2v) is 3.93. The highest BCUT2D eigenvalue weighted by molar-refractivity contribution is 6.06.